The highest BCUT2D eigenvalue weighted by Crippen LogP contribution is 2.42. The Morgan fingerprint density at radius 3 is 2.55 bits per heavy atom. The van der Waals surface area contributed by atoms with Gasteiger partial charge >= 0.3 is 0 Å². The minimum Gasteiger partial charge on any atom is -0.486 e. The lowest BCUT2D eigenvalue weighted by Gasteiger charge is -2.41. The van der Waals surface area contributed by atoms with Gasteiger partial charge in [-0.05, 0) is 57.4 Å². The molecule has 22 heavy (non-hydrogen) atoms. The maximum Gasteiger partial charge on any atom is 0.140 e. The Bertz CT molecular complexity index is 515. The summed E-state index contributed by atoms with van der Waals surface area (Å²) in [6.45, 7) is 4.01. The van der Waals surface area contributed by atoms with E-state index >= 15 is 0 Å². The van der Waals surface area contributed by atoms with Crippen LogP contribution >= 0.6 is 23.2 Å². The molecule has 1 aliphatic heterocycles. The summed E-state index contributed by atoms with van der Waals surface area (Å²) >= 11 is 12.2. The monoisotopic (exact) mass is 343 g/mol. The summed E-state index contributed by atoms with van der Waals surface area (Å²) in [5.74, 6) is 0.712. The molecular formula is C17H23Cl2NO2. The molecule has 1 saturated heterocycles. The maximum atomic E-state index is 6.28. The van der Waals surface area contributed by atoms with Crippen molar-refractivity contribution >= 4 is 23.2 Å². The number of ether oxygens (including phenoxy) is 2. The Balaban J connectivity index is 1.82. The van der Waals surface area contributed by atoms with E-state index in [2.05, 4.69) is 11.8 Å². The second-order valence-electron chi connectivity index (χ2n) is 6.55. The van der Waals surface area contributed by atoms with Crippen molar-refractivity contribution in [3.63, 3.8) is 0 Å². The normalized spacial score (nSPS) is 27.1. The summed E-state index contributed by atoms with van der Waals surface area (Å²) in [4.78, 5) is 2.61. The summed E-state index contributed by atoms with van der Waals surface area (Å²) in [6.07, 6.45) is 4.92. The third kappa shape index (κ3) is 3.38. The fourth-order valence-corrected chi connectivity index (χ4v) is 4.10. The zero-order valence-corrected chi connectivity index (χ0v) is 14.7. The van der Waals surface area contributed by atoms with Gasteiger partial charge in [-0.1, -0.05) is 23.2 Å². The maximum absolute atomic E-state index is 6.28. The van der Waals surface area contributed by atoms with E-state index in [1.807, 2.05) is 12.1 Å². The molecule has 1 aromatic rings. The van der Waals surface area contributed by atoms with Gasteiger partial charge in [-0.15, -0.1) is 0 Å². The first-order chi connectivity index (χ1) is 10.5. The molecule has 0 aromatic heterocycles. The van der Waals surface area contributed by atoms with Crippen molar-refractivity contribution in [3.8, 4) is 5.75 Å². The molecular weight excluding hydrogens is 321 g/mol. The van der Waals surface area contributed by atoms with Gasteiger partial charge in [0.15, 0.2) is 0 Å². The predicted octanol–water partition coefficient (Wildman–Crippen LogP) is 4.40. The second kappa shape index (κ2) is 6.56. The molecule has 1 aliphatic carbocycles. The lowest BCUT2D eigenvalue weighted by atomic mass is 9.91. The molecule has 2 aliphatic rings. The zero-order chi connectivity index (χ0) is 15.7. The van der Waals surface area contributed by atoms with Crippen LogP contribution in [0.5, 0.6) is 5.75 Å². The molecule has 1 aromatic carbocycles. The Kier molecular flexibility index (Phi) is 4.89. The number of likely N-dealkylation sites (tertiary alicyclic amines) is 1. The van der Waals surface area contributed by atoms with E-state index in [4.69, 9.17) is 32.7 Å². The van der Waals surface area contributed by atoms with E-state index in [1.54, 1.807) is 13.2 Å². The number of rotatable bonds is 6. The number of halogens is 2. The predicted molar refractivity (Wildman–Crippen MR) is 90.1 cm³/mol. The largest absolute Gasteiger partial charge is 0.486 e. The molecule has 0 bridgehead atoms. The van der Waals surface area contributed by atoms with Crippen LogP contribution in [0.3, 0.4) is 0 Å². The van der Waals surface area contributed by atoms with Gasteiger partial charge < -0.3 is 9.47 Å². The summed E-state index contributed by atoms with van der Waals surface area (Å²) in [6, 6.07) is 6.07. The summed E-state index contributed by atoms with van der Waals surface area (Å²) in [7, 11) is 1.72. The number of benzene rings is 1. The van der Waals surface area contributed by atoms with Crippen molar-refractivity contribution < 1.29 is 9.47 Å². The third-order valence-electron chi connectivity index (χ3n) is 4.85. The molecule has 1 saturated carbocycles. The van der Waals surface area contributed by atoms with E-state index < -0.39 is 0 Å². The number of nitrogens with zero attached hydrogens (tertiary/aromatic N) is 1. The van der Waals surface area contributed by atoms with Crippen molar-refractivity contribution in [1.29, 1.82) is 0 Å². The van der Waals surface area contributed by atoms with E-state index in [9.17, 15) is 0 Å². The van der Waals surface area contributed by atoms with Crippen LogP contribution in [-0.4, -0.2) is 42.8 Å². The van der Waals surface area contributed by atoms with Crippen LogP contribution in [0, 0.1) is 0 Å². The van der Waals surface area contributed by atoms with Gasteiger partial charge in [0.1, 0.15) is 11.9 Å². The Morgan fingerprint density at radius 2 is 1.95 bits per heavy atom. The lowest BCUT2D eigenvalue weighted by molar-refractivity contribution is -0.0267. The molecule has 3 nitrogen and oxygen atoms in total. The van der Waals surface area contributed by atoms with E-state index in [0.29, 0.717) is 22.4 Å². The van der Waals surface area contributed by atoms with Gasteiger partial charge in [-0.25, -0.2) is 0 Å². The van der Waals surface area contributed by atoms with E-state index in [-0.39, 0.29) is 11.6 Å². The van der Waals surface area contributed by atoms with E-state index in [1.165, 1.54) is 19.3 Å². The summed E-state index contributed by atoms with van der Waals surface area (Å²) in [5.41, 5.74) is 0.00592. The van der Waals surface area contributed by atoms with Crippen molar-refractivity contribution in [3.05, 3.63) is 28.2 Å². The van der Waals surface area contributed by atoms with Gasteiger partial charge in [0.25, 0.3) is 0 Å². The van der Waals surface area contributed by atoms with Gasteiger partial charge in [0.2, 0.25) is 0 Å². The standard InChI is InChI=1S/C17H23Cl2NO2/c1-17(6-3-7-20(17)14-4-5-14)16(11-21-2)22-15-9-12(18)8-13(19)10-15/h8-10,14,16H,3-7,11H2,1-2H3. The number of hydrogen-bond acceptors (Lipinski definition) is 3. The highest BCUT2D eigenvalue weighted by atomic mass is 35.5. The molecule has 0 N–H and O–H groups in total. The van der Waals surface area contributed by atoms with Gasteiger partial charge in [0, 0.05) is 23.2 Å². The van der Waals surface area contributed by atoms with Crippen molar-refractivity contribution in [2.75, 3.05) is 20.3 Å². The number of methoxy groups -OCH3 is 1. The van der Waals surface area contributed by atoms with Crippen LogP contribution in [0.25, 0.3) is 0 Å². The molecule has 1 heterocycles. The van der Waals surface area contributed by atoms with Crippen molar-refractivity contribution in [2.24, 2.45) is 0 Å². The van der Waals surface area contributed by atoms with Crippen LogP contribution in [-0.2, 0) is 4.74 Å². The zero-order valence-electron chi connectivity index (χ0n) is 13.1. The molecule has 0 radical (unpaired) electrons. The Morgan fingerprint density at radius 1 is 1.27 bits per heavy atom. The highest BCUT2D eigenvalue weighted by molar-refractivity contribution is 6.34. The minimum absolute atomic E-state index is 0.00592. The molecule has 5 heteroatoms. The first-order valence-electron chi connectivity index (χ1n) is 7.91. The molecule has 3 rings (SSSR count). The smallest absolute Gasteiger partial charge is 0.140 e. The second-order valence-corrected chi connectivity index (χ2v) is 7.43. The van der Waals surface area contributed by atoms with Crippen molar-refractivity contribution in [1.82, 2.24) is 4.90 Å². The van der Waals surface area contributed by atoms with E-state index in [0.717, 1.165) is 19.0 Å². The summed E-state index contributed by atoms with van der Waals surface area (Å²) < 4.78 is 11.7. The lowest BCUT2D eigenvalue weighted by Crippen LogP contribution is -2.55. The molecule has 0 spiro atoms. The SMILES string of the molecule is COCC(Oc1cc(Cl)cc(Cl)c1)C1(C)CCCN1C1CC1. The van der Waals surface area contributed by atoms with Crippen LogP contribution in [0.15, 0.2) is 18.2 Å². The molecule has 2 atom stereocenters. The van der Waals surface area contributed by atoms with Crippen LogP contribution in [0.2, 0.25) is 10.0 Å². The molecule has 122 valence electrons. The first kappa shape index (κ1) is 16.4. The van der Waals surface area contributed by atoms with Gasteiger partial charge in [0.05, 0.1) is 12.1 Å². The average Bonchev–Trinajstić information content (AvgIpc) is 3.20. The van der Waals surface area contributed by atoms with Gasteiger partial charge in [-0.2, -0.15) is 0 Å². The Hall–Kier alpha value is -0.480. The van der Waals surface area contributed by atoms with Crippen LogP contribution in [0.1, 0.15) is 32.6 Å². The first-order valence-corrected chi connectivity index (χ1v) is 8.67. The van der Waals surface area contributed by atoms with Crippen LogP contribution < -0.4 is 4.74 Å². The average molecular weight is 344 g/mol. The Labute approximate surface area is 142 Å². The third-order valence-corrected chi connectivity index (χ3v) is 5.29. The summed E-state index contributed by atoms with van der Waals surface area (Å²) in [5, 5.41) is 1.18. The van der Waals surface area contributed by atoms with Gasteiger partial charge in [-0.3, -0.25) is 4.90 Å². The molecule has 2 unspecified atom stereocenters. The molecule has 0 amide bonds. The number of hydrogen-bond donors (Lipinski definition) is 0. The fourth-order valence-electron chi connectivity index (χ4n) is 3.59. The highest BCUT2D eigenvalue weighted by Gasteiger charge is 2.49. The topological polar surface area (TPSA) is 21.7 Å². The fraction of sp³-hybridized carbons (Fsp3) is 0.647. The molecule has 2 fully saturated rings. The van der Waals surface area contributed by atoms with Crippen molar-refractivity contribution in [2.45, 2.75) is 50.3 Å². The quantitative estimate of drug-likeness (QED) is 0.763. The minimum atomic E-state index is -0.0323. The van der Waals surface area contributed by atoms with Crippen LogP contribution in [0.4, 0.5) is 0 Å².